The number of amides is 1. The zero-order chi connectivity index (χ0) is 21.0. The maximum Gasteiger partial charge on any atom is 0.357 e. The van der Waals surface area contributed by atoms with E-state index in [0.29, 0.717) is 16.5 Å². The van der Waals surface area contributed by atoms with Crippen LogP contribution in [0.5, 0.6) is 0 Å². The van der Waals surface area contributed by atoms with Crippen molar-refractivity contribution < 1.29 is 14.3 Å². The second-order valence-electron chi connectivity index (χ2n) is 6.48. The molecule has 0 aliphatic heterocycles. The molecule has 5 nitrogen and oxygen atoms in total. The van der Waals surface area contributed by atoms with Gasteiger partial charge in [-0.25, -0.2) is 4.79 Å². The number of carbonyl (C=O) groups excluding carboxylic acids is 2. The van der Waals surface area contributed by atoms with Crippen LogP contribution in [0, 0.1) is 6.92 Å². The van der Waals surface area contributed by atoms with Crippen molar-refractivity contribution in [1.29, 1.82) is 0 Å². The minimum Gasteiger partial charge on any atom is -0.461 e. The molecule has 3 rings (SSSR count). The van der Waals surface area contributed by atoms with Crippen molar-refractivity contribution >= 4 is 45.1 Å². The maximum absolute atomic E-state index is 12.7. The summed E-state index contributed by atoms with van der Waals surface area (Å²) in [4.78, 5) is 25.3. The van der Waals surface area contributed by atoms with Crippen LogP contribution >= 0.6 is 27.5 Å². The molecule has 0 saturated heterocycles. The number of aryl methyl sites for hydroxylation is 1. The molecule has 0 radical (unpaired) electrons. The number of nitrogens with zero attached hydrogens (tertiary/aromatic N) is 1. The highest BCUT2D eigenvalue weighted by atomic mass is 79.9. The van der Waals surface area contributed by atoms with Crippen molar-refractivity contribution in [2.45, 2.75) is 20.3 Å². The zero-order valence-electron chi connectivity index (χ0n) is 16.0. The first kappa shape index (κ1) is 21.1. The van der Waals surface area contributed by atoms with Crippen molar-refractivity contribution in [2.24, 2.45) is 0 Å². The number of rotatable bonds is 6. The average Bonchev–Trinajstić information content (AvgIpc) is 2.98. The van der Waals surface area contributed by atoms with Crippen LogP contribution in [0.2, 0.25) is 5.15 Å². The van der Waals surface area contributed by atoms with Gasteiger partial charge < -0.3 is 10.1 Å². The van der Waals surface area contributed by atoms with E-state index in [-0.39, 0.29) is 24.6 Å². The Morgan fingerprint density at radius 1 is 1.14 bits per heavy atom. The molecule has 7 heteroatoms. The first-order chi connectivity index (χ1) is 13.9. The molecule has 150 valence electrons. The molecule has 0 aliphatic rings. The van der Waals surface area contributed by atoms with Crippen LogP contribution in [0.15, 0.2) is 59.1 Å². The molecule has 0 unspecified atom stereocenters. The number of nitrogens with one attached hydrogen (secondary N) is 1. The highest BCUT2D eigenvalue weighted by molar-refractivity contribution is 9.10. The Labute approximate surface area is 182 Å². The molecule has 0 fully saturated rings. The summed E-state index contributed by atoms with van der Waals surface area (Å²) >= 11 is 9.83. The van der Waals surface area contributed by atoms with Crippen LogP contribution in [0.1, 0.15) is 28.5 Å². The van der Waals surface area contributed by atoms with Gasteiger partial charge in [0.05, 0.1) is 18.7 Å². The highest BCUT2D eigenvalue weighted by Crippen LogP contribution is 2.30. The molecule has 1 heterocycles. The van der Waals surface area contributed by atoms with E-state index in [9.17, 15) is 9.59 Å². The third-order valence-electron chi connectivity index (χ3n) is 4.24. The highest BCUT2D eigenvalue weighted by Gasteiger charge is 2.24. The van der Waals surface area contributed by atoms with Crippen molar-refractivity contribution in [1.82, 2.24) is 4.57 Å². The summed E-state index contributed by atoms with van der Waals surface area (Å²) < 4.78 is 7.68. The summed E-state index contributed by atoms with van der Waals surface area (Å²) in [6.45, 7) is 3.91. The molecule has 0 aliphatic carbocycles. The fourth-order valence-corrected chi connectivity index (χ4v) is 3.69. The standard InChI is InChI=1S/C22H20BrClN2O3/c1-3-29-22(28)21-18(25-20(27)12-15-5-4-6-16(23)11-15)13-19(24)26(21)17-9-7-14(2)8-10-17/h4-11,13H,3,12H2,1-2H3,(H,25,27). The van der Waals surface area contributed by atoms with Crippen molar-refractivity contribution in [2.75, 3.05) is 11.9 Å². The smallest absolute Gasteiger partial charge is 0.357 e. The van der Waals surface area contributed by atoms with E-state index in [1.165, 1.54) is 0 Å². The maximum atomic E-state index is 12.7. The number of ether oxygens (including phenoxy) is 1. The predicted molar refractivity (Wildman–Crippen MR) is 118 cm³/mol. The third kappa shape index (κ3) is 5.08. The summed E-state index contributed by atoms with van der Waals surface area (Å²) in [6, 6.07) is 16.6. The van der Waals surface area contributed by atoms with Gasteiger partial charge in [0.2, 0.25) is 5.91 Å². The zero-order valence-corrected chi connectivity index (χ0v) is 18.4. The van der Waals surface area contributed by atoms with Gasteiger partial charge in [0.25, 0.3) is 0 Å². The van der Waals surface area contributed by atoms with Crippen molar-refractivity contribution in [3.8, 4) is 5.69 Å². The molecular formula is C22H20BrClN2O3. The van der Waals surface area contributed by atoms with Crippen LogP contribution in [0.4, 0.5) is 5.69 Å². The van der Waals surface area contributed by atoms with E-state index in [2.05, 4.69) is 21.2 Å². The van der Waals surface area contributed by atoms with E-state index >= 15 is 0 Å². The molecule has 1 N–H and O–H groups in total. The van der Waals surface area contributed by atoms with E-state index in [1.807, 2.05) is 55.5 Å². The number of hydrogen-bond donors (Lipinski definition) is 1. The van der Waals surface area contributed by atoms with Crippen molar-refractivity contribution in [3.63, 3.8) is 0 Å². The number of halogens is 2. The monoisotopic (exact) mass is 474 g/mol. The van der Waals surface area contributed by atoms with Crippen LogP contribution < -0.4 is 5.32 Å². The van der Waals surface area contributed by atoms with Gasteiger partial charge in [-0.05, 0) is 49.7 Å². The number of anilines is 1. The van der Waals surface area contributed by atoms with E-state index < -0.39 is 5.97 Å². The Kier molecular flexibility index (Phi) is 6.77. The lowest BCUT2D eigenvalue weighted by molar-refractivity contribution is -0.115. The van der Waals surface area contributed by atoms with Crippen LogP contribution in [0.25, 0.3) is 5.69 Å². The van der Waals surface area contributed by atoms with Crippen LogP contribution in [0.3, 0.4) is 0 Å². The van der Waals surface area contributed by atoms with Gasteiger partial charge in [0.1, 0.15) is 5.15 Å². The third-order valence-corrected chi connectivity index (χ3v) is 5.02. The Morgan fingerprint density at radius 3 is 2.52 bits per heavy atom. The van der Waals surface area contributed by atoms with Gasteiger partial charge in [0, 0.05) is 10.2 Å². The Morgan fingerprint density at radius 2 is 1.86 bits per heavy atom. The average molecular weight is 476 g/mol. The molecule has 0 atom stereocenters. The van der Waals surface area contributed by atoms with Gasteiger partial charge in [-0.2, -0.15) is 0 Å². The quantitative estimate of drug-likeness (QED) is 0.475. The molecule has 29 heavy (non-hydrogen) atoms. The molecule has 0 spiro atoms. The molecule has 0 saturated carbocycles. The first-order valence-electron chi connectivity index (χ1n) is 9.08. The lowest BCUT2D eigenvalue weighted by atomic mass is 10.1. The number of carbonyl (C=O) groups is 2. The number of esters is 1. The number of aromatic nitrogens is 1. The van der Waals surface area contributed by atoms with Crippen LogP contribution in [-0.2, 0) is 16.0 Å². The normalized spacial score (nSPS) is 10.6. The minimum absolute atomic E-state index is 0.162. The van der Waals surface area contributed by atoms with Gasteiger partial charge in [-0.3, -0.25) is 9.36 Å². The Hall–Kier alpha value is -2.57. The van der Waals surface area contributed by atoms with E-state index in [4.69, 9.17) is 16.3 Å². The molecule has 2 aromatic carbocycles. The topological polar surface area (TPSA) is 60.3 Å². The summed E-state index contributed by atoms with van der Waals surface area (Å²) in [5.74, 6) is -0.816. The number of benzene rings is 2. The minimum atomic E-state index is -0.558. The molecule has 3 aromatic rings. The Balaban J connectivity index is 1.95. The van der Waals surface area contributed by atoms with Gasteiger partial charge in [0.15, 0.2) is 5.69 Å². The second-order valence-corrected chi connectivity index (χ2v) is 7.78. The lowest BCUT2D eigenvalue weighted by Gasteiger charge is -2.12. The van der Waals surface area contributed by atoms with Gasteiger partial charge in [-0.15, -0.1) is 0 Å². The fraction of sp³-hybridized carbons (Fsp3) is 0.182. The summed E-state index contributed by atoms with van der Waals surface area (Å²) in [5, 5.41) is 3.10. The van der Waals surface area contributed by atoms with Gasteiger partial charge >= 0.3 is 5.97 Å². The summed E-state index contributed by atoms with van der Waals surface area (Å²) in [6.07, 6.45) is 0.162. The van der Waals surface area contributed by atoms with E-state index in [1.54, 1.807) is 17.6 Å². The fourth-order valence-electron chi connectivity index (χ4n) is 2.95. The summed E-state index contributed by atoms with van der Waals surface area (Å²) in [7, 11) is 0. The largest absolute Gasteiger partial charge is 0.461 e. The lowest BCUT2D eigenvalue weighted by Crippen LogP contribution is -2.18. The van der Waals surface area contributed by atoms with Gasteiger partial charge in [-0.1, -0.05) is 57.4 Å². The predicted octanol–water partition coefficient (Wildman–Crippen LogP) is 5.56. The first-order valence-corrected chi connectivity index (χ1v) is 10.3. The van der Waals surface area contributed by atoms with Crippen LogP contribution in [-0.4, -0.2) is 23.1 Å². The summed E-state index contributed by atoms with van der Waals surface area (Å²) in [5.41, 5.74) is 3.13. The molecule has 1 amide bonds. The molecular weight excluding hydrogens is 456 g/mol. The molecule has 0 bridgehead atoms. The molecule has 1 aromatic heterocycles. The van der Waals surface area contributed by atoms with Crippen molar-refractivity contribution in [3.05, 3.63) is 81.0 Å². The van der Waals surface area contributed by atoms with E-state index in [0.717, 1.165) is 15.6 Å². The Bertz CT molecular complexity index is 1040. The number of hydrogen-bond acceptors (Lipinski definition) is 3. The second kappa shape index (κ2) is 9.29. The SMILES string of the molecule is CCOC(=O)c1c(NC(=O)Cc2cccc(Br)c2)cc(Cl)n1-c1ccc(C)cc1.